The van der Waals surface area contributed by atoms with E-state index in [0.717, 1.165) is 53.1 Å². The number of halogens is 1. The Balaban J connectivity index is 1.44. The third-order valence-corrected chi connectivity index (χ3v) is 7.36. The van der Waals surface area contributed by atoms with Crippen LogP contribution < -0.4 is 10.2 Å². The van der Waals surface area contributed by atoms with Gasteiger partial charge in [0.05, 0.1) is 20.6 Å². The van der Waals surface area contributed by atoms with E-state index in [1.807, 2.05) is 65.2 Å². The zero-order valence-corrected chi connectivity index (χ0v) is 20.9. The Kier molecular flexibility index (Phi) is 6.70. The number of nitrogens with zero attached hydrogens (tertiary/aromatic N) is 3. The fraction of sp³-hybridized carbons (Fsp3) is 0.222. The van der Waals surface area contributed by atoms with Crippen LogP contribution in [0.2, 0.25) is 4.34 Å². The van der Waals surface area contributed by atoms with Gasteiger partial charge in [-0.1, -0.05) is 41.9 Å². The summed E-state index contributed by atoms with van der Waals surface area (Å²) in [5.74, 6) is 0.0164. The molecule has 1 fully saturated rings. The number of carbonyl (C=O) groups is 2. The Morgan fingerprint density at radius 2 is 1.94 bits per heavy atom. The number of amides is 2. The van der Waals surface area contributed by atoms with Crippen LogP contribution in [-0.2, 0) is 11.3 Å². The van der Waals surface area contributed by atoms with Gasteiger partial charge in [-0.25, -0.2) is 4.68 Å². The first-order valence-electron chi connectivity index (χ1n) is 11.6. The summed E-state index contributed by atoms with van der Waals surface area (Å²) < 4.78 is 2.42. The molecule has 2 aromatic heterocycles. The van der Waals surface area contributed by atoms with E-state index >= 15 is 0 Å². The van der Waals surface area contributed by atoms with Gasteiger partial charge in [0.25, 0.3) is 5.91 Å². The molecule has 0 aliphatic carbocycles. The lowest BCUT2D eigenvalue weighted by Gasteiger charge is -2.28. The molecule has 178 valence electrons. The second kappa shape index (κ2) is 10.1. The second-order valence-electron chi connectivity index (χ2n) is 8.57. The molecule has 1 N–H and O–H groups in total. The molecular formula is C27H25ClN4O2S. The highest BCUT2D eigenvalue weighted by Gasteiger charge is 2.21. The maximum atomic E-state index is 12.6. The van der Waals surface area contributed by atoms with Crippen molar-refractivity contribution in [1.29, 1.82) is 0 Å². The van der Waals surface area contributed by atoms with E-state index in [2.05, 4.69) is 11.4 Å². The summed E-state index contributed by atoms with van der Waals surface area (Å²) in [5.41, 5.74) is 5.57. The second-order valence-corrected chi connectivity index (χ2v) is 10.3. The Hall–Kier alpha value is -3.42. The van der Waals surface area contributed by atoms with Crippen LogP contribution in [0.25, 0.3) is 16.9 Å². The Morgan fingerprint density at radius 3 is 2.66 bits per heavy atom. The molecule has 6 nitrogen and oxygen atoms in total. The van der Waals surface area contributed by atoms with Crippen LogP contribution in [0.1, 0.15) is 40.1 Å². The zero-order valence-electron chi connectivity index (χ0n) is 19.3. The SMILES string of the molecule is Cc1cc(-n2cc(CNC(=O)c3ccc(Cl)s3)c(-c3ccccc3)n2)ccc1N1CCCCC1=O. The number of hydrogen-bond donors (Lipinski definition) is 1. The Labute approximate surface area is 213 Å². The third-order valence-electron chi connectivity index (χ3n) is 6.13. The van der Waals surface area contributed by atoms with Gasteiger partial charge >= 0.3 is 0 Å². The number of hydrogen-bond acceptors (Lipinski definition) is 4. The molecule has 8 heteroatoms. The van der Waals surface area contributed by atoms with Crippen molar-refractivity contribution in [1.82, 2.24) is 15.1 Å². The van der Waals surface area contributed by atoms with Crippen LogP contribution >= 0.6 is 22.9 Å². The van der Waals surface area contributed by atoms with E-state index < -0.39 is 0 Å². The molecule has 1 aliphatic heterocycles. The summed E-state index contributed by atoms with van der Waals surface area (Å²) in [4.78, 5) is 27.5. The lowest BCUT2D eigenvalue weighted by Crippen LogP contribution is -2.35. The fourth-order valence-electron chi connectivity index (χ4n) is 4.35. The molecule has 1 aliphatic rings. The lowest BCUT2D eigenvalue weighted by atomic mass is 10.1. The van der Waals surface area contributed by atoms with Crippen molar-refractivity contribution in [3.05, 3.63) is 87.2 Å². The molecule has 5 rings (SSSR count). The number of aryl methyl sites for hydroxylation is 1. The zero-order chi connectivity index (χ0) is 24.4. The van der Waals surface area contributed by atoms with Crippen molar-refractivity contribution < 1.29 is 9.59 Å². The van der Waals surface area contributed by atoms with Crippen molar-refractivity contribution in [2.24, 2.45) is 0 Å². The normalized spacial score (nSPS) is 13.8. The molecule has 1 saturated heterocycles. The molecule has 0 unspecified atom stereocenters. The van der Waals surface area contributed by atoms with Gasteiger partial charge in [-0.2, -0.15) is 5.10 Å². The number of anilines is 1. The first-order valence-corrected chi connectivity index (χ1v) is 12.8. The Morgan fingerprint density at radius 1 is 1.11 bits per heavy atom. The molecule has 2 amide bonds. The average molecular weight is 505 g/mol. The van der Waals surface area contributed by atoms with E-state index in [1.165, 1.54) is 11.3 Å². The van der Waals surface area contributed by atoms with Crippen LogP contribution in [0.3, 0.4) is 0 Å². The molecule has 0 saturated carbocycles. The summed E-state index contributed by atoms with van der Waals surface area (Å²) in [6.45, 7) is 3.12. The molecule has 4 aromatic rings. The van der Waals surface area contributed by atoms with Crippen molar-refractivity contribution in [2.75, 3.05) is 11.4 Å². The van der Waals surface area contributed by atoms with Crippen LogP contribution in [0.5, 0.6) is 0 Å². The van der Waals surface area contributed by atoms with Gasteiger partial charge in [-0.3, -0.25) is 9.59 Å². The van der Waals surface area contributed by atoms with Crippen LogP contribution in [0.4, 0.5) is 5.69 Å². The first-order chi connectivity index (χ1) is 17.0. The molecule has 35 heavy (non-hydrogen) atoms. The summed E-state index contributed by atoms with van der Waals surface area (Å²) >= 11 is 7.24. The van der Waals surface area contributed by atoms with E-state index in [0.29, 0.717) is 22.2 Å². The maximum Gasteiger partial charge on any atom is 0.261 e. The molecule has 0 radical (unpaired) electrons. The van der Waals surface area contributed by atoms with Gasteiger partial charge in [-0.15, -0.1) is 11.3 Å². The van der Waals surface area contributed by atoms with Gasteiger partial charge in [0.1, 0.15) is 0 Å². The summed E-state index contributed by atoms with van der Waals surface area (Å²) in [7, 11) is 0. The van der Waals surface area contributed by atoms with Gasteiger partial charge in [0, 0.05) is 42.5 Å². The van der Waals surface area contributed by atoms with Crippen LogP contribution in [-0.4, -0.2) is 28.1 Å². The first kappa shape index (κ1) is 23.3. The monoisotopic (exact) mass is 504 g/mol. The number of benzene rings is 2. The minimum absolute atomic E-state index is 0.167. The molecule has 0 bridgehead atoms. The lowest BCUT2D eigenvalue weighted by molar-refractivity contribution is -0.119. The number of nitrogens with one attached hydrogen (secondary N) is 1. The van der Waals surface area contributed by atoms with Crippen LogP contribution in [0, 0.1) is 6.92 Å². The number of thiophene rings is 1. The van der Waals surface area contributed by atoms with E-state index in [4.69, 9.17) is 16.7 Å². The number of carbonyl (C=O) groups excluding carboxylic acids is 2. The summed E-state index contributed by atoms with van der Waals surface area (Å²) in [5, 5.41) is 7.86. The van der Waals surface area contributed by atoms with E-state index in [-0.39, 0.29) is 11.8 Å². The van der Waals surface area contributed by atoms with Gasteiger partial charge in [0.15, 0.2) is 0 Å². The number of aromatic nitrogens is 2. The number of piperidine rings is 1. The predicted octanol–water partition coefficient (Wildman–Crippen LogP) is 6.01. The van der Waals surface area contributed by atoms with Crippen molar-refractivity contribution >= 4 is 40.4 Å². The van der Waals surface area contributed by atoms with Gasteiger partial charge in [-0.05, 0) is 55.7 Å². The Bertz CT molecular complexity index is 1380. The quantitative estimate of drug-likeness (QED) is 0.349. The number of rotatable bonds is 6. The maximum absolute atomic E-state index is 12.6. The summed E-state index contributed by atoms with van der Waals surface area (Å²) in [6.07, 6.45) is 4.54. The minimum Gasteiger partial charge on any atom is -0.347 e. The van der Waals surface area contributed by atoms with E-state index in [1.54, 1.807) is 12.1 Å². The van der Waals surface area contributed by atoms with Crippen molar-refractivity contribution in [3.8, 4) is 16.9 Å². The van der Waals surface area contributed by atoms with Crippen LogP contribution in [0.15, 0.2) is 66.9 Å². The largest absolute Gasteiger partial charge is 0.347 e. The van der Waals surface area contributed by atoms with Crippen molar-refractivity contribution in [2.45, 2.75) is 32.7 Å². The predicted molar refractivity (Wildman–Crippen MR) is 140 cm³/mol. The molecule has 0 atom stereocenters. The highest BCUT2D eigenvalue weighted by atomic mass is 35.5. The highest BCUT2D eigenvalue weighted by Crippen LogP contribution is 2.29. The standard InChI is InChI=1S/C27H25ClN4O2S/c1-18-15-21(10-11-22(18)31-14-6-5-9-25(31)33)32-17-20(26(30-32)19-7-3-2-4-8-19)16-29-27(34)23-12-13-24(28)35-23/h2-4,7-8,10-13,15,17H,5-6,9,14,16H2,1H3,(H,29,34). The molecule has 0 spiro atoms. The fourth-order valence-corrected chi connectivity index (χ4v) is 5.31. The topological polar surface area (TPSA) is 67.2 Å². The molecule has 3 heterocycles. The smallest absolute Gasteiger partial charge is 0.261 e. The van der Waals surface area contributed by atoms with Crippen molar-refractivity contribution in [3.63, 3.8) is 0 Å². The average Bonchev–Trinajstić information content (AvgIpc) is 3.50. The minimum atomic E-state index is -0.167. The summed E-state index contributed by atoms with van der Waals surface area (Å²) in [6, 6.07) is 19.4. The molecule has 2 aromatic carbocycles. The van der Waals surface area contributed by atoms with E-state index in [9.17, 15) is 9.59 Å². The third kappa shape index (κ3) is 5.01. The molecular weight excluding hydrogens is 480 g/mol. The van der Waals surface area contributed by atoms with Gasteiger partial charge < -0.3 is 10.2 Å². The highest BCUT2D eigenvalue weighted by molar-refractivity contribution is 7.18. The van der Waals surface area contributed by atoms with Gasteiger partial charge in [0.2, 0.25) is 5.91 Å².